The lowest BCUT2D eigenvalue weighted by Crippen LogP contribution is -2.49. The van der Waals surface area contributed by atoms with E-state index in [2.05, 4.69) is 10.2 Å². The molecule has 17 heavy (non-hydrogen) atoms. The fourth-order valence-corrected chi connectivity index (χ4v) is 2.33. The van der Waals surface area contributed by atoms with Crippen LogP contribution in [-0.4, -0.2) is 54.0 Å². The summed E-state index contributed by atoms with van der Waals surface area (Å²) >= 11 is 0. The Bertz CT molecular complexity index is 260. The van der Waals surface area contributed by atoms with Crippen LogP contribution in [0.25, 0.3) is 0 Å². The van der Waals surface area contributed by atoms with Gasteiger partial charge < -0.3 is 15.3 Å². The highest BCUT2D eigenvalue weighted by atomic mass is 19.4. The molecule has 0 aromatic heterocycles. The van der Waals surface area contributed by atoms with E-state index in [1.54, 1.807) is 0 Å². The zero-order valence-corrected chi connectivity index (χ0v) is 9.76. The number of β-amino-alcohol motifs (C(OH)–C–C–N with tert-alkyl or cyclic N) is 1. The van der Waals surface area contributed by atoms with E-state index in [9.17, 15) is 18.3 Å². The summed E-state index contributed by atoms with van der Waals surface area (Å²) in [4.78, 5) is 2.10. The highest BCUT2D eigenvalue weighted by Gasteiger charge is 2.63. The minimum atomic E-state index is -4.19. The molecule has 0 radical (unpaired) electrons. The van der Waals surface area contributed by atoms with Crippen LogP contribution in [0, 0.1) is 0 Å². The van der Waals surface area contributed by atoms with Gasteiger partial charge in [-0.05, 0) is 38.8 Å². The predicted molar refractivity (Wildman–Crippen MR) is 57.7 cm³/mol. The number of nitrogens with one attached hydrogen (secondary N) is 1. The van der Waals surface area contributed by atoms with Crippen LogP contribution in [-0.2, 0) is 0 Å². The molecule has 1 atom stereocenters. The Hall–Kier alpha value is -0.330. The monoisotopic (exact) mass is 252 g/mol. The second kappa shape index (κ2) is 4.74. The van der Waals surface area contributed by atoms with Gasteiger partial charge in [0.2, 0.25) is 0 Å². The van der Waals surface area contributed by atoms with E-state index in [4.69, 9.17) is 0 Å². The summed E-state index contributed by atoms with van der Waals surface area (Å²) in [5.74, 6) is 0. The number of rotatable bonds is 5. The number of aliphatic hydroxyl groups excluding tert-OH is 1. The maximum Gasteiger partial charge on any atom is 0.406 e. The minimum absolute atomic E-state index is 0.0238. The summed E-state index contributed by atoms with van der Waals surface area (Å²) in [5.41, 5.74) is -1.71. The molecule has 1 heterocycles. The summed E-state index contributed by atoms with van der Waals surface area (Å²) in [6, 6.07) is 0. The van der Waals surface area contributed by atoms with Gasteiger partial charge in [0.05, 0.1) is 6.10 Å². The number of hydrogen-bond acceptors (Lipinski definition) is 3. The fraction of sp³-hybridized carbons (Fsp3) is 1.00. The number of hydrogen-bond donors (Lipinski definition) is 2. The fourth-order valence-electron chi connectivity index (χ4n) is 2.33. The molecule has 0 spiro atoms. The largest absolute Gasteiger partial charge is 0.406 e. The third kappa shape index (κ3) is 3.11. The molecule has 2 rings (SSSR count). The molecule has 0 aromatic carbocycles. The molecule has 0 amide bonds. The van der Waals surface area contributed by atoms with Gasteiger partial charge >= 0.3 is 6.18 Å². The molecule has 1 saturated carbocycles. The van der Waals surface area contributed by atoms with Crippen LogP contribution in [0.4, 0.5) is 13.2 Å². The average Bonchev–Trinajstić information content (AvgIpc) is 2.88. The van der Waals surface area contributed by atoms with Crippen LogP contribution < -0.4 is 5.32 Å². The van der Waals surface area contributed by atoms with E-state index in [1.165, 1.54) is 0 Å². The van der Waals surface area contributed by atoms with Crippen molar-refractivity contribution >= 4 is 0 Å². The summed E-state index contributed by atoms with van der Waals surface area (Å²) < 4.78 is 37.8. The van der Waals surface area contributed by atoms with Crippen LogP contribution in [0.2, 0.25) is 0 Å². The molecule has 1 aliphatic carbocycles. The van der Waals surface area contributed by atoms with Crippen molar-refractivity contribution in [2.75, 3.05) is 26.2 Å². The van der Waals surface area contributed by atoms with Crippen molar-refractivity contribution in [1.82, 2.24) is 10.2 Å². The number of halogens is 3. The Morgan fingerprint density at radius 2 is 1.82 bits per heavy atom. The number of aliphatic hydroxyl groups is 1. The van der Waals surface area contributed by atoms with E-state index in [1.807, 2.05) is 0 Å². The predicted octanol–water partition coefficient (Wildman–Crippen LogP) is 1.13. The van der Waals surface area contributed by atoms with Gasteiger partial charge in [-0.2, -0.15) is 13.2 Å². The molecule has 3 nitrogen and oxygen atoms in total. The maximum atomic E-state index is 12.6. The van der Waals surface area contributed by atoms with E-state index < -0.39 is 17.8 Å². The lowest BCUT2D eigenvalue weighted by atomic mass is 10.2. The second-order valence-electron chi connectivity index (χ2n) is 5.12. The highest BCUT2D eigenvalue weighted by molar-refractivity contribution is 5.08. The van der Waals surface area contributed by atoms with Gasteiger partial charge in [-0.25, -0.2) is 0 Å². The van der Waals surface area contributed by atoms with Crippen LogP contribution >= 0.6 is 0 Å². The molecular weight excluding hydrogens is 233 g/mol. The molecule has 2 fully saturated rings. The van der Waals surface area contributed by atoms with Gasteiger partial charge in [-0.1, -0.05) is 0 Å². The first kappa shape index (κ1) is 13.1. The molecule has 2 aliphatic rings. The smallest absolute Gasteiger partial charge is 0.390 e. The van der Waals surface area contributed by atoms with Crippen LogP contribution in [0.3, 0.4) is 0 Å². The molecule has 6 heteroatoms. The average molecular weight is 252 g/mol. The molecule has 0 bridgehead atoms. The maximum absolute atomic E-state index is 12.6. The Balaban J connectivity index is 1.71. The van der Waals surface area contributed by atoms with Gasteiger partial charge in [0, 0.05) is 13.1 Å². The topological polar surface area (TPSA) is 35.5 Å². The van der Waals surface area contributed by atoms with Crippen LogP contribution in [0.1, 0.15) is 25.7 Å². The van der Waals surface area contributed by atoms with E-state index in [-0.39, 0.29) is 19.4 Å². The van der Waals surface area contributed by atoms with Gasteiger partial charge in [-0.15, -0.1) is 0 Å². The second-order valence-corrected chi connectivity index (χ2v) is 5.12. The number of alkyl halides is 3. The third-order valence-corrected chi connectivity index (χ3v) is 3.64. The highest BCUT2D eigenvalue weighted by Crippen LogP contribution is 2.48. The Morgan fingerprint density at radius 1 is 1.24 bits per heavy atom. The lowest BCUT2D eigenvalue weighted by Gasteiger charge is -2.24. The zero-order valence-electron chi connectivity index (χ0n) is 9.76. The van der Waals surface area contributed by atoms with E-state index in [0.29, 0.717) is 6.54 Å². The Labute approximate surface area is 99.0 Å². The molecule has 2 N–H and O–H groups in total. The van der Waals surface area contributed by atoms with Gasteiger partial charge in [0.15, 0.2) is 0 Å². The molecular formula is C11H19F3N2O. The van der Waals surface area contributed by atoms with Crippen molar-refractivity contribution in [3.63, 3.8) is 0 Å². The van der Waals surface area contributed by atoms with Crippen LogP contribution in [0.5, 0.6) is 0 Å². The summed E-state index contributed by atoms with van der Waals surface area (Å²) in [6.07, 6.45) is -2.41. The number of likely N-dealkylation sites (tertiary alicyclic amines) is 1. The quantitative estimate of drug-likeness (QED) is 0.770. The van der Waals surface area contributed by atoms with Gasteiger partial charge in [0.1, 0.15) is 5.54 Å². The number of nitrogens with zero attached hydrogens (tertiary/aromatic N) is 1. The Morgan fingerprint density at radius 3 is 2.29 bits per heavy atom. The normalized spacial score (nSPS) is 26.1. The Kier molecular flexibility index (Phi) is 3.66. The van der Waals surface area contributed by atoms with E-state index in [0.717, 1.165) is 25.9 Å². The van der Waals surface area contributed by atoms with Crippen molar-refractivity contribution in [3.05, 3.63) is 0 Å². The van der Waals surface area contributed by atoms with Gasteiger partial charge in [0.25, 0.3) is 0 Å². The van der Waals surface area contributed by atoms with Crippen LogP contribution in [0.15, 0.2) is 0 Å². The minimum Gasteiger partial charge on any atom is -0.390 e. The van der Waals surface area contributed by atoms with Crippen molar-refractivity contribution in [3.8, 4) is 0 Å². The van der Waals surface area contributed by atoms with Gasteiger partial charge in [-0.3, -0.25) is 0 Å². The first-order valence-electron chi connectivity index (χ1n) is 6.15. The van der Waals surface area contributed by atoms with E-state index >= 15 is 0 Å². The van der Waals surface area contributed by atoms with Crippen molar-refractivity contribution in [2.45, 2.75) is 43.5 Å². The van der Waals surface area contributed by atoms with Crippen molar-refractivity contribution < 1.29 is 18.3 Å². The molecule has 1 aliphatic heterocycles. The first-order valence-corrected chi connectivity index (χ1v) is 6.15. The van der Waals surface area contributed by atoms with Crippen molar-refractivity contribution in [1.29, 1.82) is 0 Å². The molecule has 1 unspecified atom stereocenters. The molecule has 100 valence electrons. The summed E-state index contributed by atoms with van der Waals surface area (Å²) in [7, 11) is 0. The summed E-state index contributed by atoms with van der Waals surface area (Å²) in [5, 5.41) is 12.2. The summed E-state index contributed by atoms with van der Waals surface area (Å²) in [6.45, 7) is 2.39. The SMILES string of the molecule is OC(CNC1(C(F)(F)F)CC1)CN1CCCC1. The standard InChI is InChI=1S/C11H19F3N2O/c12-11(13,14)10(3-4-10)15-7-9(17)8-16-5-1-2-6-16/h9,15,17H,1-8H2. The van der Waals surface area contributed by atoms with Crippen molar-refractivity contribution in [2.24, 2.45) is 0 Å². The zero-order chi connectivity index (χ0) is 12.5. The first-order chi connectivity index (χ1) is 7.93. The molecule has 1 saturated heterocycles. The molecule has 0 aromatic rings. The third-order valence-electron chi connectivity index (χ3n) is 3.64. The lowest BCUT2D eigenvalue weighted by molar-refractivity contribution is -0.166.